The maximum atomic E-state index is 12.9. The SMILES string of the molecule is CCC(C)C1NC(C(C)C)N(C2CCCC(C)C2)C1=O. The molecule has 0 bridgehead atoms. The predicted molar refractivity (Wildman–Crippen MR) is 83.3 cm³/mol. The van der Waals surface area contributed by atoms with E-state index in [-0.39, 0.29) is 12.2 Å². The average molecular weight is 280 g/mol. The third kappa shape index (κ3) is 3.03. The van der Waals surface area contributed by atoms with Gasteiger partial charge < -0.3 is 4.90 Å². The zero-order valence-electron chi connectivity index (χ0n) is 13.9. The summed E-state index contributed by atoms with van der Waals surface area (Å²) in [7, 11) is 0. The molecule has 20 heavy (non-hydrogen) atoms. The van der Waals surface area contributed by atoms with E-state index in [0.717, 1.165) is 12.3 Å². The zero-order chi connectivity index (χ0) is 14.9. The second-order valence-corrected chi connectivity index (χ2v) is 7.39. The molecule has 3 nitrogen and oxygen atoms in total. The van der Waals surface area contributed by atoms with E-state index in [2.05, 4.69) is 44.8 Å². The lowest BCUT2D eigenvalue weighted by Gasteiger charge is -2.38. The molecule has 1 heterocycles. The highest BCUT2D eigenvalue weighted by atomic mass is 16.2. The molecule has 5 atom stereocenters. The summed E-state index contributed by atoms with van der Waals surface area (Å²) in [6.07, 6.45) is 6.26. The number of rotatable bonds is 4. The zero-order valence-corrected chi connectivity index (χ0v) is 13.9. The van der Waals surface area contributed by atoms with Crippen molar-refractivity contribution in [3.8, 4) is 0 Å². The molecule has 0 spiro atoms. The van der Waals surface area contributed by atoms with Crippen LogP contribution >= 0.6 is 0 Å². The fraction of sp³-hybridized carbons (Fsp3) is 0.941. The molecule has 2 fully saturated rings. The summed E-state index contributed by atoms with van der Waals surface area (Å²) < 4.78 is 0. The highest BCUT2D eigenvalue weighted by Gasteiger charge is 2.45. The van der Waals surface area contributed by atoms with E-state index in [1.165, 1.54) is 25.7 Å². The Morgan fingerprint density at radius 1 is 1.30 bits per heavy atom. The van der Waals surface area contributed by atoms with Crippen molar-refractivity contribution < 1.29 is 4.79 Å². The van der Waals surface area contributed by atoms with Crippen LogP contribution in [-0.4, -0.2) is 29.1 Å². The quantitative estimate of drug-likeness (QED) is 0.856. The maximum Gasteiger partial charge on any atom is 0.241 e. The van der Waals surface area contributed by atoms with Gasteiger partial charge in [-0.15, -0.1) is 0 Å². The molecule has 0 aromatic carbocycles. The monoisotopic (exact) mass is 280 g/mol. The minimum Gasteiger partial charge on any atom is -0.323 e. The first-order valence-corrected chi connectivity index (χ1v) is 8.53. The average Bonchev–Trinajstić information content (AvgIpc) is 2.75. The molecule has 0 aromatic heterocycles. The molecular formula is C17H32N2O. The number of nitrogens with zero attached hydrogens (tertiary/aromatic N) is 1. The number of amides is 1. The van der Waals surface area contributed by atoms with Gasteiger partial charge in [-0.05, 0) is 30.6 Å². The Kier molecular flexibility index (Phi) is 5.11. The molecule has 3 heteroatoms. The number of nitrogens with one attached hydrogen (secondary N) is 1. The van der Waals surface area contributed by atoms with Gasteiger partial charge in [0.15, 0.2) is 0 Å². The van der Waals surface area contributed by atoms with Crippen molar-refractivity contribution in [1.82, 2.24) is 10.2 Å². The Bertz CT molecular complexity index is 342. The van der Waals surface area contributed by atoms with Crippen LogP contribution in [0.3, 0.4) is 0 Å². The van der Waals surface area contributed by atoms with Crippen LogP contribution in [0.1, 0.15) is 66.7 Å². The van der Waals surface area contributed by atoms with Gasteiger partial charge in [0.2, 0.25) is 5.91 Å². The second kappa shape index (κ2) is 6.46. The standard InChI is InChI=1S/C17H32N2O/c1-6-13(5)15-17(20)19(16(18-15)11(2)3)14-9-7-8-12(4)10-14/h11-16,18H,6-10H2,1-5H3. The van der Waals surface area contributed by atoms with Crippen LogP contribution in [0.25, 0.3) is 0 Å². The fourth-order valence-electron chi connectivity index (χ4n) is 3.85. The Morgan fingerprint density at radius 3 is 2.55 bits per heavy atom. The lowest BCUT2D eigenvalue weighted by Crippen LogP contribution is -2.48. The summed E-state index contributed by atoms with van der Waals surface area (Å²) in [4.78, 5) is 15.1. The summed E-state index contributed by atoms with van der Waals surface area (Å²) in [6.45, 7) is 11.2. The van der Waals surface area contributed by atoms with Gasteiger partial charge in [0.05, 0.1) is 12.2 Å². The van der Waals surface area contributed by atoms with Gasteiger partial charge in [-0.1, -0.05) is 53.9 Å². The summed E-state index contributed by atoms with van der Waals surface area (Å²) in [5, 5.41) is 3.63. The number of hydrogen-bond donors (Lipinski definition) is 1. The maximum absolute atomic E-state index is 12.9. The molecule has 0 aromatic rings. The summed E-state index contributed by atoms with van der Waals surface area (Å²) in [6, 6.07) is 0.491. The van der Waals surface area contributed by atoms with Crippen LogP contribution in [-0.2, 0) is 4.79 Å². The van der Waals surface area contributed by atoms with Gasteiger partial charge in [0, 0.05) is 6.04 Å². The van der Waals surface area contributed by atoms with Gasteiger partial charge >= 0.3 is 0 Å². The summed E-state index contributed by atoms with van der Waals surface area (Å²) in [5.74, 6) is 2.02. The minimum absolute atomic E-state index is 0.0321. The Hall–Kier alpha value is -0.570. The Morgan fingerprint density at radius 2 is 2.00 bits per heavy atom. The molecule has 2 rings (SSSR count). The predicted octanol–water partition coefficient (Wildman–Crippen LogP) is 3.39. The Balaban J connectivity index is 2.17. The van der Waals surface area contributed by atoms with Crippen molar-refractivity contribution in [2.75, 3.05) is 0 Å². The molecule has 1 saturated carbocycles. The first-order valence-electron chi connectivity index (χ1n) is 8.53. The van der Waals surface area contributed by atoms with Gasteiger partial charge in [-0.3, -0.25) is 10.1 Å². The third-order valence-electron chi connectivity index (χ3n) is 5.32. The van der Waals surface area contributed by atoms with Gasteiger partial charge in [0.1, 0.15) is 0 Å². The van der Waals surface area contributed by atoms with Crippen LogP contribution in [0.2, 0.25) is 0 Å². The van der Waals surface area contributed by atoms with Crippen molar-refractivity contribution in [1.29, 1.82) is 0 Å². The van der Waals surface area contributed by atoms with Crippen LogP contribution in [0, 0.1) is 17.8 Å². The topological polar surface area (TPSA) is 32.3 Å². The molecule has 1 aliphatic carbocycles. The number of carbonyl (C=O) groups is 1. The van der Waals surface area contributed by atoms with Crippen molar-refractivity contribution >= 4 is 5.91 Å². The van der Waals surface area contributed by atoms with Gasteiger partial charge in [0.25, 0.3) is 0 Å². The fourth-order valence-corrected chi connectivity index (χ4v) is 3.85. The molecule has 1 amide bonds. The van der Waals surface area contributed by atoms with Gasteiger partial charge in [-0.25, -0.2) is 0 Å². The molecule has 1 aliphatic heterocycles. The largest absolute Gasteiger partial charge is 0.323 e. The van der Waals surface area contributed by atoms with E-state index >= 15 is 0 Å². The molecule has 1 N–H and O–H groups in total. The molecule has 5 unspecified atom stereocenters. The van der Waals surface area contributed by atoms with Crippen LogP contribution in [0.5, 0.6) is 0 Å². The van der Waals surface area contributed by atoms with Crippen LogP contribution < -0.4 is 5.32 Å². The van der Waals surface area contributed by atoms with Crippen molar-refractivity contribution in [3.63, 3.8) is 0 Å². The normalized spacial score (nSPS) is 36.7. The smallest absolute Gasteiger partial charge is 0.241 e. The van der Waals surface area contributed by atoms with Gasteiger partial charge in [-0.2, -0.15) is 0 Å². The van der Waals surface area contributed by atoms with E-state index in [1.807, 2.05) is 0 Å². The Labute approximate surface area is 124 Å². The first-order chi connectivity index (χ1) is 9.45. The van der Waals surface area contributed by atoms with E-state index in [4.69, 9.17) is 0 Å². The highest BCUT2D eigenvalue weighted by molar-refractivity contribution is 5.85. The summed E-state index contributed by atoms with van der Waals surface area (Å²) in [5.41, 5.74) is 0. The van der Waals surface area contributed by atoms with E-state index < -0.39 is 0 Å². The molecule has 2 aliphatic rings. The van der Waals surface area contributed by atoms with Crippen LogP contribution in [0.15, 0.2) is 0 Å². The van der Waals surface area contributed by atoms with Crippen molar-refractivity contribution in [2.45, 2.75) is 85.0 Å². The van der Waals surface area contributed by atoms with E-state index in [0.29, 0.717) is 23.8 Å². The molecule has 0 radical (unpaired) electrons. The van der Waals surface area contributed by atoms with Crippen molar-refractivity contribution in [3.05, 3.63) is 0 Å². The first kappa shape index (κ1) is 15.8. The molecule has 1 saturated heterocycles. The minimum atomic E-state index is 0.0321. The summed E-state index contributed by atoms with van der Waals surface area (Å²) >= 11 is 0. The number of hydrogen-bond acceptors (Lipinski definition) is 2. The lowest BCUT2D eigenvalue weighted by atomic mass is 9.85. The third-order valence-corrected chi connectivity index (χ3v) is 5.32. The van der Waals surface area contributed by atoms with E-state index in [9.17, 15) is 4.79 Å². The second-order valence-electron chi connectivity index (χ2n) is 7.39. The highest BCUT2D eigenvalue weighted by Crippen LogP contribution is 2.33. The number of carbonyl (C=O) groups excluding carboxylic acids is 1. The van der Waals surface area contributed by atoms with Crippen LogP contribution in [0.4, 0.5) is 0 Å². The van der Waals surface area contributed by atoms with Crippen molar-refractivity contribution in [2.24, 2.45) is 17.8 Å². The lowest BCUT2D eigenvalue weighted by molar-refractivity contribution is -0.134. The molecular weight excluding hydrogens is 248 g/mol. The molecule has 116 valence electrons. The van der Waals surface area contributed by atoms with E-state index in [1.54, 1.807) is 0 Å².